The zero-order chi connectivity index (χ0) is 11.4. The van der Waals surface area contributed by atoms with Gasteiger partial charge in [-0.15, -0.1) is 0 Å². The molecule has 0 aromatic heterocycles. The third-order valence-electron chi connectivity index (χ3n) is 4.13. The lowest BCUT2D eigenvalue weighted by Crippen LogP contribution is -2.40. The molecular weight excluding hydrogens is 200 g/mol. The number of hydrogen-bond donors (Lipinski definition) is 1. The number of hydrogen-bond acceptors (Lipinski definition) is 3. The average molecular weight is 226 g/mol. The first-order valence-electron chi connectivity index (χ1n) is 6.86. The fraction of sp³-hybridized carbons (Fsp3) is 1.00. The Morgan fingerprint density at radius 2 is 2.31 bits per heavy atom. The van der Waals surface area contributed by atoms with Gasteiger partial charge in [0.25, 0.3) is 0 Å². The molecule has 0 aromatic carbocycles. The first-order chi connectivity index (χ1) is 7.81. The maximum atomic E-state index is 5.49. The van der Waals surface area contributed by atoms with E-state index in [0.717, 1.165) is 25.2 Å². The molecule has 0 aromatic rings. The summed E-state index contributed by atoms with van der Waals surface area (Å²) in [5, 5.41) is 3.63. The highest BCUT2D eigenvalue weighted by Gasteiger charge is 2.31. The Labute approximate surface area is 99.5 Å². The average Bonchev–Trinajstić information content (AvgIpc) is 2.96. The SMILES string of the molecule is CCCNC1CCN(C(C)C2CCOC2)C1. The summed E-state index contributed by atoms with van der Waals surface area (Å²) in [6.07, 6.45) is 3.81. The number of rotatable bonds is 5. The Bertz CT molecular complexity index is 204. The highest BCUT2D eigenvalue weighted by Crippen LogP contribution is 2.24. The Morgan fingerprint density at radius 1 is 1.44 bits per heavy atom. The van der Waals surface area contributed by atoms with Crippen LogP contribution in [0, 0.1) is 5.92 Å². The second-order valence-electron chi connectivity index (χ2n) is 5.30. The predicted octanol–water partition coefficient (Wildman–Crippen LogP) is 1.49. The van der Waals surface area contributed by atoms with Crippen LogP contribution < -0.4 is 5.32 Å². The Hall–Kier alpha value is -0.120. The van der Waals surface area contributed by atoms with E-state index in [0.29, 0.717) is 6.04 Å². The van der Waals surface area contributed by atoms with Gasteiger partial charge in [-0.2, -0.15) is 0 Å². The molecule has 0 saturated carbocycles. The van der Waals surface area contributed by atoms with Gasteiger partial charge in [-0.1, -0.05) is 6.92 Å². The van der Waals surface area contributed by atoms with Crippen LogP contribution in [0.4, 0.5) is 0 Å². The first kappa shape index (κ1) is 12.3. The van der Waals surface area contributed by atoms with Gasteiger partial charge in [-0.3, -0.25) is 4.90 Å². The molecule has 16 heavy (non-hydrogen) atoms. The highest BCUT2D eigenvalue weighted by molar-refractivity contribution is 4.87. The smallest absolute Gasteiger partial charge is 0.0509 e. The molecule has 0 spiro atoms. The maximum absolute atomic E-state index is 5.49. The molecule has 2 aliphatic heterocycles. The minimum Gasteiger partial charge on any atom is -0.381 e. The summed E-state index contributed by atoms with van der Waals surface area (Å²) >= 11 is 0. The normalized spacial score (nSPS) is 33.4. The van der Waals surface area contributed by atoms with E-state index in [2.05, 4.69) is 24.1 Å². The van der Waals surface area contributed by atoms with Gasteiger partial charge < -0.3 is 10.1 Å². The van der Waals surface area contributed by atoms with Crippen LogP contribution in [0.15, 0.2) is 0 Å². The molecule has 1 N–H and O–H groups in total. The van der Waals surface area contributed by atoms with E-state index in [-0.39, 0.29) is 0 Å². The van der Waals surface area contributed by atoms with Crippen LogP contribution in [0.1, 0.15) is 33.1 Å². The van der Waals surface area contributed by atoms with Crippen LogP contribution in [-0.2, 0) is 4.74 Å². The zero-order valence-electron chi connectivity index (χ0n) is 10.7. The van der Waals surface area contributed by atoms with E-state index in [1.54, 1.807) is 0 Å². The van der Waals surface area contributed by atoms with Gasteiger partial charge in [-0.25, -0.2) is 0 Å². The van der Waals surface area contributed by atoms with Crippen molar-refractivity contribution in [1.29, 1.82) is 0 Å². The summed E-state index contributed by atoms with van der Waals surface area (Å²) in [4.78, 5) is 2.65. The topological polar surface area (TPSA) is 24.5 Å². The summed E-state index contributed by atoms with van der Waals surface area (Å²) in [6, 6.07) is 1.43. The van der Waals surface area contributed by atoms with Gasteiger partial charge in [0, 0.05) is 31.8 Å². The molecule has 2 aliphatic rings. The largest absolute Gasteiger partial charge is 0.381 e. The third kappa shape index (κ3) is 2.96. The molecule has 3 unspecified atom stereocenters. The van der Waals surface area contributed by atoms with Crippen LogP contribution in [0.2, 0.25) is 0 Å². The van der Waals surface area contributed by atoms with E-state index in [1.165, 1.54) is 38.9 Å². The van der Waals surface area contributed by atoms with Crippen molar-refractivity contribution in [2.45, 2.75) is 45.2 Å². The van der Waals surface area contributed by atoms with Crippen molar-refractivity contribution in [2.75, 3.05) is 32.8 Å². The quantitative estimate of drug-likeness (QED) is 0.768. The number of ether oxygens (including phenoxy) is 1. The summed E-state index contributed by atoms with van der Waals surface area (Å²) < 4.78 is 5.49. The summed E-state index contributed by atoms with van der Waals surface area (Å²) in [7, 11) is 0. The van der Waals surface area contributed by atoms with E-state index in [9.17, 15) is 0 Å². The van der Waals surface area contributed by atoms with E-state index in [4.69, 9.17) is 4.74 Å². The molecule has 3 nitrogen and oxygen atoms in total. The standard InChI is InChI=1S/C13H26N2O/c1-3-6-14-13-4-7-15(9-13)11(2)12-5-8-16-10-12/h11-14H,3-10H2,1-2H3. The highest BCUT2D eigenvalue weighted by atomic mass is 16.5. The molecule has 2 rings (SSSR count). The van der Waals surface area contributed by atoms with Gasteiger partial charge >= 0.3 is 0 Å². The van der Waals surface area contributed by atoms with Crippen molar-refractivity contribution < 1.29 is 4.74 Å². The molecule has 94 valence electrons. The lowest BCUT2D eigenvalue weighted by Gasteiger charge is -2.28. The third-order valence-corrected chi connectivity index (χ3v) is 4.13. The van der Waals surface area contributed by atoms with E-state index < -0.39 is 0 Å². The van der Waals surface area contributed by atoms with Gasteiger partial charge in [0.15, 0.2) is 0 Å². The van der Waals surface area contributed by atoms with Crippen molar-refractivity contribution in [3.8, 4) is 0 Å². The van der Waals surface area contributed by atoms with Crippen LogP contribution in [0.25, 0.3) is 0 Å². The predicted molar refractivity (Wildman–Crippen MR) is 66.7 cm³/mol. The zero-order valence-corrected chi connectivity index (χ0v) is 10.7. The fourth-order valence-corrected chi connectivity index (χ4v) is 2.90. The van der Waals surface area contributed by atoms with Crippen LogP contribution >= 0.6 is 0 Å². The summed E-state index contributed by atoms with van der Waals surface area (Å²) in [5.41, 5.74) is 0. The van der Waals surface area contributed by atoms with Crippen molar-refractivity contribution in [3.63, 3.8) is 0 Å². The molecule has 0 amide bonds. The van der Waals surface area contributed by atoms with Gasteiger partial charge in [0.2, 0.25) is 0 Å². The minimum atomic E-state index is 0.705. The van der Waals surface area contributed by atoms with Crippen LogP contribution in [0.3, 0.4) is 0 Å². The molecule has 3 atom stereocenters. The van der Waals surface area contributed by atoms with Gasteiger partial charge in [0.05, 0.1) is 6.61 Å². The number of nitrogens with one attached hydrogen (secondary N) is 1. The molecule has 2 heterocycles. The lowest BCUT2D eigenvalue weighted by atomic mass is 9.99. The van der Waals surface area contributed by atoms with Crippen molar-refractivity contribution in [2.24, 2.45) is 5.92 Å². The van der Waals surface area contributed by atoms with Crippen LogP contribution in [0.5, 0.6) is 0 Å². The van der Waals surface area contributed by atoms with E-state index in [1.807, 2.05) is 0 Å². The van der Waals surface area contributed by atoms with Crippen LogP contribution in [-0.4, -0.2) is 49.8 Å². The molecule has 0 bridgehead atoms. The molecule has 2 fully saturated rings. The van der Waals surface area contributed by atoms with Crippen molar-refractivity contribution >= 4 is 0 Å². The van der Waals surface area contributed by atoms with Gasteiger partial charge in [0.1, 0.15) is 0 Å². The fourth-order valence-electron chi connectivity index (χ4n) is 2.90. The second kappa shape index (κ2) is 5.99. The number of nitrogens with zero attached hydrogens (tertiary/aromatic N) is 1. The molecule has 0 aliphatic carbocycles. The lowest BCUT2D eigenvalue weighted by molar-refractivity contribution is 0.143. The van der Waals surface area contributed by atoms with Gasteiger partial charge in [-0.05, 0) is 38.6 Å². The minimum absolute atomic E-state index is 0.705. The monoisotopic (exact) mass is 226 g/mol. The maximum Gasteiger partial charge on any atom is 0.0509 e. The summed E-state index contributed by atoms with van der Waals surface area (Å²) in [6.45, 7) is 10.2. The Morgan fingerprint density at radius 3 is 3.00 bits per heavy atom. The summed E-state index contributed by atoms with van der Waals surface area (Å²) in [5.74, 6) is 0.768. The molecular formula is C13H26N2O. The van der Waals surface area contributed by atoms with E-state index >= 15 is 0 Å². The molecule has 0 radical (unpaired) electrons. The Kier molecular flexibility index (Phi) is 4.62. The number of likely N-dealkylation sites (tertiary alicyclic amines) is 1. The van der Waals surface area contributed by atoms with Crippen molar-refractivity contribution in [3.05, 3.63) is 0 Å². The second-order valence-corrected chi connectivity index (χ2v) is 5.30. The molecule has 2 saturated heterocycles. The van der Waals surface area contributed by atoms with Crippen molar-refractivity contribution in [1.82, 2.24) is 10.2 Å². The Balaban J connectivity index is 1.74. The molecule has 3 heteroatoms. The first-order valence-corrected chi connectivity index (χ1v) is 6.86.